The molecule has 1 aliphatic carbocycles. The fraction of sp³-hybridized carbons (Fsp3) is 0.300. The van der Waals surface area contributed by atoms with Crippen LogP contribution in [0.25, 0.3) is 11.1 Å². The van der Waals surface area contributed by atoms with Gasteiger partial charge in [-0.3, -0.25) is 9.59 Å². The Bertz CT molecular complexity index is 1190. The molecule has 0 unspecified atom stereocenters. The van der Waals surface area contributed by atoms with Crippen LogP contribution in [-0.2, 0) is 27.2 Å². The molecule has 0 aliphatic heterocycles. The van der Waals surface area contributed by atoms with Crippen molar-refractivity contribution in [2.24, 2.45) is 5.41 Å². The van der Waals surface area contributed by atoms with Crippen LogP contribution < -0.4 is 5.32 Å². The third-order valence-electron chi connectivity index (χ3n) is 7.04. The van der Waals surface area contributed by atoms with Gasteiger partial charge in [0.05, 0.1) is 5.25 Å². The number of carbonyl (C=O) groups excluding carboxylic acids is 2. The molecule has 1 fully saturated rings. The number of rotatable bonds is 10. The molecular formula is C30H31NO4S. The van der Waals surface area contributed by atoms with Crippen molar-refractivity contribution in [2.75, 3.05) is 0 Å². The number of amides is 1. The van der Waals surface area contributed by atoms with E-state index in [1.54, 1.807) is 0 Å². The van der Waals surface area contributed by atoms with Crippen molar-refractivity contribution in [1.82, 2.24) is 5.32 Å². The third-order valence-corrected chi connectivity index (χ3v) is 7.46. The van der Waals surface area contributed by atoms with Crippen molar-refractivity contribution < 1.29 is 19.5 Å². The molecule has 3 aromatic carbocycles. The highest BCUT2D eigenvalue weighted by molar-refractivity contribution is 7.81. The fourth-order valence-electron chi connectivity index (χ4n) is 5.01. The van der Waals surface area contributed by atoms with Gasteiger partial charge in [0.15, 0.2) is 5.78 Å². The van der Waals surface area contributed by atoms with E-state index in [1.807, 2.05) is 84.9 Å². The minimum absolute atomic E-state index is 0.134. The van der Waals surface area contributed by atoms with Crippen molar-refractivity contribution in [3.05, 3.63) is 96.1 Å². The number of nitrogens with one attached hydrogen (secondary N) is 1. The highest BCUT2D eigenvalue weighted by Crippen LogP contribution is 2.41. The zero-order valence-electron chi connectivity index (χ0n) is 20.1. The lowest BCUT2D eigenvalue weighted by Crippen LogP contribution is -2.53. The van der Waals surface area contributed by atoms with Crippen LogP contribution in [0.5, 0.6) is 0 Å². The second kappa shape index (κ2) is 11.6. The maximum absolute atomic E-state index is 13.5. The molecule has 1 aliphatic rings. The number of aliphatic carboxylic acids is 1. The Morgan fingerprint density at radius 3 is 1.89 bits per heavy atom. The highest BCUT2D eigenvalue weighted by Gasteiger charge is 2.50. The molecule has 0 aromatic heterocycles. The number of carboxylic acid groups (broad SMARTS) is 1. The predicted molar refractivity (Wildman–Crippen MR) is 144 cm³/mol. The van der Waals surface area contributed by atoms with E-state index in [9.17, 15) is 19.5 Å². The third kappa shape index (κ3) is 5.88. The Kier molecular flexibility index (Phi) is 8.26. The summed E-state index contributed by atoms with van der Waals surface area (Å²) in [6.45, 7) is 0. The van der Waals surface area contributed by atoms with Crippen LogP contribution in [0, 0.1) is 5.41 Å². The minimum atomic E-state index is -1.23. The van der Waals surface area contributed by atoms with Crippen LogP contribution in [-0.4, -0.2) is 34.1 Å². The quantitative estimate of drug-likeness (QED) is 0.265. The normalized spacial score (nSPS) is 16.1. The van der Waals surface area contributed by atoms with Crippen LogP contribution in [0.2, 0.25) is 0 Å². The second-order valence-corrected chi connectivity index (χ2v) is 10.1. The van der Waals surface area contributed by atoms with Crippen LogP contribution in [0.1, 0.15) is 36.8 Å². The van der Waals surface area contributed by atoms with Gasteiger partial charge in [-0.05, 0) is 41.5 Å². The molecule has 3 aromatic rings. The molecule has 0 radical (unpaired) electrons. The van der Waals surface area contributed by atoms with Crippen LogP contribution in [0.4, 0.5) is 0 Å². The first-order valence-electron chi connectivity index (χ1n) is 12.3. The number of ketones is 1. The van der Waals surface area contributed by atoms with Gasteiger partial charge in [0.25, 0.3) is 0 Å². The van der Waals surface area contributed by atoms with Gasteiger partial charge in [0.2, 0.25) is 5.91 Å². The molecule has 5 nitrogen and oxygen atoms in total. The summed E-state index contributed by atoms with van der Waals surface area (Å²) in [7, 11) is 0. The average molecular weight is 502 g/mol. The van der Waals surface area contributed by atoms with Crippen molar-refractivity contribution >= 4 is 30.3 Å². The van der Waals surface area contributed by atoms with Crippen molar-refractivity contribution in [2.45, 2.75) is 49.8 Å². The van der Waals surface area contributed by atoms with Gasteiger partial charge in [0.1, 0.15) is 11.5 Å². The van der Waals surface area contributed by atoms with E-state index in [2.05, 4.69) is 17.9 Å². The van der Waals surface area contributed by atoms with Gasteiger partial charge in [-0.25, -0.2) is 4.79 Å². The predicted octanol–water partition coefficient (Wildman–Crippen LogP) is 5.14. The van der Waals surface area contributed by atoms with Crippen LogP contribution in [0.15, 0.2) is 84.9 Å². The van der Waals surface area contributed by atoms with E-state index in [0.717, 1.165) is 35.1 Å². The zero-order chi connectivity index (χ0) is 25.5. The molecule has 2 N–H and O–H groups in total. The van der Waals surface area contributed by atoms with Crippen LogP contribution in [0.3, 0.4) is 0 Å². The Morgan fingerprint density at radius 1 is 0.778 bits per heavy atom. The van der Waals surface area contributed by atoms with E-state index < -0.39 is 28.6 Å². The molecule has 1 saturated carbocycles. The van der Waals surface area contributed by atoms with E-state index in [-0.39, 0.29) is 12.2 Å². The first-order chi connectivity index (χ1) is 17.4. The largest absolute Gasteiger partial charge is 0.480 e. The number of benzene rings is 3. The van der Waals surface area contributed by atoms with E-state index in [0.29, 0.717) is 19.3 Å². The molecule has 0 bridgehead atoms. The minimum Gasteiger partial charge on any atom is -0.480 e. The Balaban J connectivity index is 1.47. The van der Waals surface area contributed by atoms with Crippen molar-refractivity contribution in [3.63, 3.8) is 0 Å². The van der Waals surface area contributed by atoms with Crippen LogP contribution >= 0.6 is 12.6 Å². The highest BCUT2D eigenvalue weighted by atomic mass is 32.1. The van der Waals surface area contributed by atoms with Crippen molar-refractivity contribution in [3.8, 4) is 11.1 Å². The summed E-state index contributed by atoms with van der Waals surface area (Å²) in [6, 6.07) is 26.0. The standard InChI is InChI=1S/C30H31NO4S/c32-27(26(36)20-21-9-3-1-4-10-21)30(17-7-8-18-30)29(35)31-25(28(33)34)19-22-13-15-24(16-14-22)23-11-5-2-6-12-23/h1-6,9-16,25-26,36H,7-8,17-20H2,(H,31,35)(H,33,34)/t25-,26-/m0/s1. The summed E-state index contributed by atoms with van der Waals surface area (Å²) in [5.74, 6) is -1.84. The average Bonchev–Trinajstić information content (AvgIpc) is 3.40. The molecule has 0 heterocycles. The number of carboxylic acids is 1. The molecular weight excluding hydrogens is 470 g/mol. The molecule has 1 amide bonds. The molecule has 36 heavy (non-hydrogen) atoms. The first kappa shape index (κ1) is 25.7. The Labute approximate surface area is 217 Å². The first-order valence-corrected chi connectivity index (χ1v) is 12.9. The van der Waals surface area contributed by atoms with E-state index >= 15 is 0 Å². The van der Waals surface area contributed by atoms with E-state index in [1.165, 1.54) is 0 Å². The van der Waals surface area contributed by atoms with Gasteiger partial charge in [0, 0.05) is 6.42 Å². The summed E-state index contributed by atoms with van der Waals surface area (Å²) in [6.07, 6.45) is 2.90. The Morgan fingerprint density at radius 2 is 1.31 bits per heavy atom. The van der Waals surface area contributed by atoms with Gasteiger partial charge in [-0.15, -0.1) is 0 Å². The zero-order valence-corrected chi connectivity index (χ0v) is 21.0. The van der Waals surface area contributed by atoms with Gasteiger partial charge in [-0.2, -0.15) is 12.6 Å². The monoisotopic (exact) mass is 501 g/mol. The summed E-state index contributed by atoms with van der Waals surface area (Å²) < 4.78 is 0. The summed E-state index contributed by atoms with van der Waals surface area (Å²) in [4.78, 5) is 39.1. The van der Waals surface area contributed by atoms with E-state index in [4.69, 9.17) is 0 Å². The molecule has 2 atom stereocenters. The maximum Gasteiger partial charge on any atom is 0.326 e. The molecule has 6 heteroatoms. The molecule has 0 spiro atoms. The second-order valence-electron chi connectivity index (χ2n) is 9.49. The smallest absolute Gasteiger partial charge is 0.326 e. The summed E-state index contributed by atoms with van der Waals surface area (Å²) >= 11 is 4.57. The molecule has 186 valence electrons. The number of carbonyl (C=O) groups is 3. The van der Waals surface area contributed by atoms with Gasteiger partial charge >= 0.3 is 5.97 Å². The summed E-state index contributed by atoms with van der Waals surface area (Å²) in [5, 5.41) is 11.9. The molecule has 4 rings (SSSR count). The topological polar surface area (TPSA) is 83.5 Å². The summed E-state index contributed by atoms with van der Waals surface area (Å²) in [5.41, 5.74) is 2.65. The maximum atomic E-state index is 13.5. The number of hydrogen-bond acceptors (Lipinski definition) is 4. The number of thiol groups is 1. The van der Waals surface area contributed by atoms with Gasteiger partial charge in [-0.1, -0.05) is 97.8 Å². The van der Waals surface area contributed by atoms with Crippen molar-refractivity contribution in [1.29, 1.82) is 0 Å². The SMILES string of the molecule is O=C(O)[C@H](Cc1ccc(-c2ccccc2)cc1)NC(=O)C1(C(=O)[C@@H](S)Cc2ccccc2)CCCC1. The lowest BCUT2D eigenvalue weighted by atomic mass is 9.78. The number of hydrogen-bond donors (Lipinski definition) is 3. The molecule has 0 saturated heterocycles. The number of Topliss-reactive ketones (excluding diaryl/α,β-unsaturated/α-hetero) is 1. The fourth-order valence-corrected chi connectivity index (χ4v) is 5.47. The lowest BCUT2D eigenvalue weighted by Gasteiger charge is -2.30. The lowest BCUT2D eigenvalue weighted by molar-refractivity contribution is -0.147. The van der Waals surface area contributed by atoms with Gasteiger partial charge < -0.3 is 10.4 Å². The Hall–Kier alpha value is -3.38.